The fraction of sp³-hybridized carbons (Fsp3) is 0.529. The third kappa shape index (κ3) is 10.8. The van der Waals surface area contributed by atoms with Gasteiger partial charge in [-0.25, -0.2) is 4.39 Å². The van der Waals surface area contributed by atoms with Gasteiger partial charge >= 0.3 is 0 Å². The van der Waals surface area contributed by atoms with Gasteiger partial charge in [0.2, 0.25) is 11.8 Å². The van der Waals surface area contributed by atoms with Crippen LogP contribution in [0.4, 0.5) is 4.39 Å². The summed E-state index contributed by atoms with van der Waals surface area (Å²) in [5.41, 5.74) is 2.93. The van der Waals surface area contributed by atoms with Crippen molar-refractivity contribution in [2.75, 3.05) is 26.2 Å². The summed E-state index contributed by atoms with van der Waals surface area (Å²) >= 11 is 0. The number of amides is 2. The molecular formula is C34H46FN3O4. The highest BCUT2D eigenvalue weighted by atomic mass is 19.1. The number of rotatable bonds is 9. The average Bonchev–Trinajstić information content (AvgIpc) is 2.97. The summed E-state index contributed by atoms with van der Waals surface area (Å²) in [5.74, 6) is 1.62. The summed E-state index contributed by atoms with van der Waals surface area (Å²) in [4.78, 5) is 28.3. The Morgan fingerprint density at radius 2 is 2.00 bits per heavy atom. The lowest BCUT2D eigenvalue weighted by molar-refractivity contribution is -0.132. The van der Waals surface area contributed by atoms with Crippen molar-refractivity contribution in [3.8, 4) is 18.1 Å². The van der Waals surface area contributed by atoms with Crippen LogP contribution in [0.1, 0.15) is 69.1 Å². The van der Waals surface area contributed by atoms with E-state index < -0.39 is 23.9 Å². The lowest BCUT2D eigenvalue weighted by Crippen LogP contribution is -2.50. The lowest BCUT2D eigenvalue weighted by Gasteiger charge is -2.27. The molecule has 8 heteroatoms. The van der Waals surface area contributed by atoms with Gasteiger partial charge < -0.3 is 25.4 Å². The van der Waals surface area contributed by atoms with E-state index in [4.69, 9.17) is 11.2 Å². The van der Waals surface area contributed by atoms with E-state index in [1.165, 1.54) is 17.7 Å². The normalized spacial score (nSPS) is 19.7. The number of carbonyl (C=O) groups is 2. The Kier molecular flexibility index (Phi) is 13.8. The number of nitrogens with one attached hydrogen (secondary N) is 2. The molecule has 3 atom stereocenters. The number of halogens is 1. The Labute approximate surface area is 250 Å². The standard InChI is InChI=1S/C34H46FN3O4/c1-4-10-28-13-14-33(40)38(15-5-2)16-7-8-17-42-30-20-27(19-29(35)22-30)21-31(37-34(28)41)32(39)24-36-23-26-12-9-11-25(6-3)18-26/h1,9,11-12,18-20,22,28,31-32,36,39H,5-8,10,13-17,21,23-24H2,2-3H3,(H,37,41)/t28?,31-,32+/m0/s1. The predicted molar refractivity (Wildman–Crippen MR) is 163 cm³/mol. The Balaban J connectivity index is 1.81. The highest BCUT2D eigenvalue weighted by molar-refractivity contribution is 5.81. The fourth-order valence-corrected chi connectivity index (χ4v) is 5.28. The molecule has 228 valence electrons. The summed E-state index contributed by atoms with van der Waals surface area (Å²) in [7, 11) is 0. The predicted octanol–water partition coefficient (Wildman–Crippen LogP) is 4.40. The Bertz CT molecular complexity index is 1200. The van der Waals surface area contributed by atoms with Crippen LogP contribution in [0.15, 0.2) is 42.5 Å². The van der Waals surface area contributed by atoms with E-state index >= 15 is 0 Å². The van der Waals surface area contributed by atoms with Crippen molar-refractivity contribution in [3.63, 3.8) is 0 Å². The summed E-state index contributed by atoms with van der Waals surface area (Å²) in [6.45, 7) is 6.53. The Morgan fingerprint density at radius 3 is 2.76 bits per heavy atom. The van der Waals surface area contributed by atoms with E-state index in [2.05, 4.69) is 35.6 Å². The van der Waals surface area contributed by atoms with Crippen LogP contribution in [0.3, 0.4) is 0 Å². The molecule has 0 radical (unpaired) electrons. The third-order valence-electron chi connectivity index (χ3n) is 7.64. The Morgan fingerprint density at radius 1 is 1.19 bits per heavy atom. The maximum atomic E-state index is 14.6. The van der Waals surface area contributed by atoms with E-state index in [0.717, 1.165) is 24.8 Å². The summed E-state index contributed by atoms with van der Waals surface area (Å²) < 4.78 is 20.4. The van der Waals surface area contributed by atoms with Crippen molar-refractivity contribution in [1.29, 1.82) is 0 Å². The largest absolute Gasteiger partial charge is 0.493 e. The first-order valence-electron chi connectivity index (χ1n) is 15.2. The first-order chi connectivity index (χ1) is 20.3. The van der Waals surface area contributed by atoms with Crippen LogP contribution < -0.4 is 15.4 Å². The zero-order valence-corrected chi connectivity index (χ0v) is 25.0. The van der Waals surface area contributed by atoms with Crippen molar-refractivity contribution >= 4 is 11.8 Å². The molecule has 0 saturated carbocycles. The number of fused-ring (bicyclic) bond motifs is 2. The van der Waals surface area contributed by atoms with E-state index in [1.54, 1.807) is 6.07 Å². The summed E-state index contributed by atoms with van der Waals surface area (Å²) in [6.07, 6.45) is 8.78. The topological polar surface area (TPSA) is 90.9 Å². The second kappa shape index (κ2) is 17.5. The maximum Gasteiger partial charge on any atom is 0.224 e. The molecule has 1 heterocycles. The molecule has 2 aromatic carbocycles. The first-order valence-corrected chi connectivity index (χ1v) is 15.2. The van der Waals surface area contributed by atoms with Gasteiger partial charge in [0.25, 0.3) is 0 Å². The highest BCUT2D eigenvalue weighted by Crippen LogP contribution is 2.21. The van der Waals surface area contributed by atoms with Crippen molar-refractivity contribution in [2.45, 2.75) is 83.9 Å². The molecule has 1 aliphatic rings. The van der Waals surface area contributed by atoms with Crippen LogP contribution in [-0.2, 0) is 29.0 Å². The van der Waals surface area contributed by atoms with Gasteiger partial charge in [0.05, 0.1) is 18.8 Å². The summed E-state index contributed by atoms with van der Waals surface area (Å²) in [5, 5.41) is 17.5. The van der Waals surface area contributed by atoms with Gasteiger partial charge in [0.1, 0.15) is 11.6 Å². The van der Waals surface area contributed by atoms with E-state index in [9.17, 15) is 19.1 Å². The summed E-state index contributed by atoms with van der Waals surface area (Å²) in [6, 6.07) is 12.0. The molecule has 42 heavy (non-hydrogen) atoms. The van der Waals surface area contributed by atoms with Gasteiger partial charge in [-0.05, 0) is 67.3 Å². The van der Waals surface area contributed by atoms with E-state index in [1.807, 2.05) is 24.0 Å². The average molecular weight is 580 g/mol. The molecule has 2 bridgehead atoms. The zero-order valence-electron chi connectivity index (χ0n) is 25.0. The van der Waals surface area contributed by atoms with Gasteiger partial charge in [0, 0.05) is 51.0 Å². The number of aliphatic hydroxyl groups excluding tert-OH is 1. The molecule has 3 N–H and O–H groups in total. The number of terminal acetylenes is 1. The second-order valence-electron chi connectivity index (χ2n) is 11.1. The van der Waals surface area contributed by atoms with Gasteiger partial charge in [-0.3, -0.25) is 9.59 Å². The van der Waals surface area contributed by atoms with Crippen molar-refractivity contribution in [2.24, 2.45) is 5.92 Å². The number of nitrogens with zero attached hydrogens (tertiary/aromatic N) is 1. The molecule has 2 aromatic rings. The number of hydrogen-bond donors (Lipinski definition) is 3. The number of aryl methyl sites for hydroxylation is 1. The van der Waals surface area contributed by atoms with Gasteiger partial charge in [-0.15, -0.1) is 12.3 Å². The SMILES string of the molecule is C#CCC1CCC(=O)N(CCC)CCCCOc2cc(F)cc(c2)C[C@@H]([C@H](O)CNCc2cccc(CC)c2)NC1=O. The Hall–Kier alpha value is -3.41. The minimum Gasteiger partial charge on any atom is -0.493 e. The van der Waals surface area contributed by atoms with E-state index in [-0.39, 0.29) is 37.6 Å². The molecule has 0 spiro atoms. The van der Waals surface area contributed by atoms with Crippen molar-refractivity contribution in [3.05, 3.63) is 65.0 Å². The maximum absolute atomic E-state index is 14.6. The number of benzene rings is 2. The molecule has 3 rings (SSSR count). The molecule has 0 saturated heterocycles. The molecule has 2 amide bonds. The molecule has 0 aliphatic carbocycles. The molecule has 1 unspecified atom stereocenters. The van der Waals surface area contributed by atoms with Gasteiger partial charge in [-0.1, -0.05) is 38.1 Å². The zero-order chi connectivity index (χ0) is 30.3. The minimum atomic E-state index is -0.966. The van der Waals surface area contributed by atoms with Crippen LogP contribution in [-0.4, -0.2) is 60.2 Å². The van der Waals surface area contributed by atoms with Crippen LogP contribution in [0, 0.1) is 24.1 Å². The lowest BCUT2D eigenvalue weighted by atomic mass is 9.95. The molecular weight excluding hydrogens is 533 g/mol. The minimum absolute atomic E-state index is 0.00133. The van der Waals surface area contributed by atoms with Crippen molar-refractivity contribution in [1.82, 2.24) is 15.5 Å². The second-order valence-corrected chi connectivity index (χ2v) is 11.1. The quantitative estimate of drug-likeness (QED) is 0.384. The highest BCUT2D eigenvalue weighted by Gasteiger charge is 2.27. The monoisotopic (exact) mass is 579 g/mol. The van der Waals surface area contributed by atoms with Crippen LogP contribution >= 0.6 is 0 Å². The smallest absolute Gasteiger partial charge is 0.224 e. The fourth-order valence-electron chi connectivity index (χ4n) is 5.28. The number of carbonyl (C=O) groups excluding carboxylic acids is 2. The third-order valence-corrected chi connectivity index (χ3v) is 7.64. The van der Waals surface area contributed by atoms with Crippen LogP contribution in [0.25, 0.3) is 0 Å². The molecule has 7 nitrogen and oxygen atoms in total. The molecule has 0 aromatic heterocycles. The number of ether oxygens (including phenoxy) is 1. The van der Waals surface area contributed by atoms with Gasteiger partial charge in [0.15, 0.2) is 0 Å². The van der Waals surface area contributed by atoms with Gasteiger partial charge in [-0.2, -0.15) is 0 Å². The number of hydrogen-bond acceptors (Lipinski definition) is 5. The van der Waals surface area contributed by atoms with Crippen LogP contribution in [0.5, 0.6) is 5.75 Å². The first kappa shape index (κ1) is 33.1. The van der Waals surface area contributed by atoms with E-state index in [0.29, 0.717) is 50.4 Å². The molecule has 1 aliphatic heterocycles. The molecule has 0 fully saturated rings. The van der Waals surface area contributed by atoms with Crippen molar-refractivity contribution < 1.29 is 23.8 Å². The van der Waals surface area contributed by atoms with Crippen LogP contribution in [0.2, 0.25) is 0 Å². The number of aliphatic hydroxyl groups is 1.